The summed E-state index contributed by atoms with van der Waals surface area (Å²) in [6.45, 7) is 3.73. The Balaban J connectivity index is 1.69. The molecule has 0 radical (unpaired) electrons. The number of carbonyl (C=O) groups is 1. The second-order valence-electron chi connectivity index (χ2n) is 5.16. The number of anilines is 3. The van der Waals surface area contributed by atoms with Gasteiger partial charge in [0, 0.05) is 28.6 Å². The largest absolute Gasteiger partial charge is 0.360 e. The zero-order chi connectivity index (χ0) is 17.1. The maximum absolute atomic E-state index is 12.1. The molecule has 0 fully saturated rings. The predicted molar refractivity (Wildman–Crippen MR) is 93.4 cm³/mol. The van der Waals surface area contributed by atoms with Crippen LogP contribution in [0, 0.1) is 13.8 Å². The molecule has 0 aliphatic rings. The van der Waals surface area contributed by atoms with Gasteiger partial charge in [-0.3, -0.25) is 4.79 Å². The van der Waals surface area contributed by atoms with Crippen molar-refractivity contribution in [3.05, 3.63) is 58.0 Å². The number of rotatable bonds is 4. The molecule has 8 heteroatoms. The fourth-order valence-electron chi connectivity index (χ4n) is 2.01. The molecule has 0 unspecified atom stereocenters. The quantitative estimate of drug-likeness (QED) is 0.706. The summed E-state index contributed by atoms with van der Waals surface area (Å²) in [5.41, 5.74) is 2.28. The zero-order valence-corrected chi connectivity index (χ0v) is 14.6. The molecule has 0 saturated heterocycles. The molecule has 2 N–H and O–H groups in total. The van der Waals surface area contributed by atoms with Gasteiger partial charge >= 0.3 is 0 Å². The molecule has 1 amide bonds. The van der Waals surface area contributed by atoms with E-state index in [2.05, 4.69) is 41.7 Å². The second-order valence-corrected chi connectivity index (χ2v) is 6.07. The van der Waals surface area contributed by atoms with Gasteiger partial charge < -0.3 is 15.2 Å². The third kappa shape index (κ3) is 3.77. The number of halogens is 1. The fourth-order valence-corrected chi connectivity index (χ4v) is 2.49. The first-order valence-electron chi connectivity index (χ1n) is 7.11. The Kier molecular flexibility index (Phi) is 4.57. The number of aryl methyl sites for hydroxylation is 2. The van der Waals surface area contributed by atoms with Crippen LogP contribution in [0.3, 0.4) is 0 Å². The van der Waals surface area contributed by atoms with Crippen molar-refractivity contribution in [1.82, 2.24) is 15.1 Å². The van der Waals surface area contributed by atoms with Crippen molar-refractivity contribution in [2.75, 3.05) is 10.6 Å². The molecule has 0 atom stereocenters. The van der Waals surface area contributed by atoms with Crippen LogP contribution in [0.5, 0.6) is 0 Å². The number of nitrogens with zero attached hydrogens (tertiary/aromatic N) is 3. The Morgan fingerprint density at radius 1 is 1.17 bits per heavy atom. The predicted octanol–water partition coefficient (Wildman–Crippen LogP) is 3.84. The summed E-state index contributed by atoms with van der Waals surface area (Å²) in [6.07, 6.45) is 2.90. The second kappa shape index (κ2) is 6.79. The van der Waals surface area contributed by atoms with E-state index in [-0.39, 0.29) is 5.91 Å². The van der Waals surface area contributed by atoms with E-state index in [4.69, 9.17) is 4.52 Å². The van der Waals surface area contributed by atoms with E-state index in [0.29, 0.717) is 23.1 Å². The average molecular weight is 388 g/mol. The highest BCUT2D eigenvalue weighted by atomic mass is 79.9. The van der Waals surface area contributed by atoms with E-state index in [9.17, 15) is 4.79 Å². The first kappa shape index (κ1) is 16.1. The van der Waals surface area contributed by atoms with E-state index < -0.39 is 0 Å². The number of hydrogen-bond donors (Lipinski definition) is 2. The number of aromatic nitrogens is 3. The average Bonchev–Trinajstić information content (AvgIpc) is 2.96. The number of benzene rings is 1. The molecule has 0 spiro atoms. The van der Waals surface area contributed by atoms with Gasteiger partial charge in [-0.25, -0.2) is 9.97 Å². The normalized spacial score (nSPS) is 10.5. The maximum Gasteiger partial charge on any atom is 0.260 e. The number of carbonyl (C=O) groups excluding carboxylic acids is 1. The van der Waals surface area contributed by atoms with Crippen LogP contribution in [-0.2, 0) is 0 Å². The highest BCUT2D eigenvalue weighted by Gasteiger charge is 2.10. The van der Waals surface area contributed by atoms with Crippen molar-refractivity contribution in [3.8, 4) is 0 Å². The standard InChI is InChI=1S/C16H14BrN5O2/c1-9-5-12(17)3-4-13(9)20-16-18-7-11(8-19-16)15(23)21-14-6-10(2)24-22-14/h3-8H,1-2H3,(H,18,19,20)(H,21,22,23). The van der Waals surface area contributed by atoms with Crippen LogP contribution in [0.25, 0.3) is 0 Å². The zero-order valence-electron chi connectivity index (χ0n) is 13.0. The topological polar surface area (TPSA) is 92.9 Å². The van der Waals surface area contributed by atoms with Crippen LogP contribution in [0.2, 0.25) is 0 Å². The molecular formula is C16H14BrN5O2. The van der Waals surface area contributed by atoms with Gasteiger partial charge in [0.25, 0.3) is 5.91 Å². The Labute approximate surface area is 146 Å². The van der Waals surface area contributed by atoms with E-state index in [1.54, 1.807) is 13.0 Å². The van der Waals surface area contributed by atoms with Gasteiger partial charge in [0.15, 0.2) is 5.82 Å². The van der Waals surface area contributed by atoms with Crippen LogP contribution >= 0.6 is 15.9 Å². The Hall–Kier alpha value is -2.74. The van der Waals surface area contributed by atoms with Gasteiger partial charge in [-0.1, -0.05) is 21.1 Å². The lowest BCUT2D eigenvalue weighted by Gasteiger charge is -2.08. The molecule has 1 aromatic carbocycles. The van der Waals surface area contributed by atoms with Crippen molar-refractivity contribution < 1.29 is 9.32 Å². The summed E-state index contributed by atoms with van der Waals surface area (Å²) in [7, 11) is 0. The monoisotopic (exact) mass is 387 g/mol. The molecule has 0 aliphatic heterocycles. The van der Waals surface area contributed by atoms with Crippen molar-refractivity contribution in [2.45, 2.75) is 13.8 Å². The fraction of sp³-hybridized carbons (Fsp3) is 0.125. The molecule has 0 saturated carbocycles. The van der Waals surface area contributed by atoms with E-state index >= 15 is 0 Å². The van der Waals surface area contributed by atoms with Crippen LogP contribution in [0.1, 0.15) is 21.7 Å². The van der Waals surface area contributed by atoms with Gasteiger partial charge in [-0.15, -0.1) is 0 Å². The summed E-state index contributed by atoms with van der Waals surface area (Å²) in [4.78, 5) is 20.4. The van der Waals surface area contributed by atoms with Crippen molar-refractivity contribution in [3.63, 3.8) is 0 Å². The minimum Gasteiger partial charge on any atom is -0.360 e. The Bertz CT molecular complexity index is 876. The van der Waals surface area contributed by atoms with Crippen molar-refractivity contribution >= 4 is 39.3 Å². The summed E-state index contributed by atoms with van der Waals surface area (Å²) in [5, 5.41) is 9.44. The summed E-state index contributed by atoms with van der Waals surface area (Å²) in [6, 6.07) is 7.47. The molecule has 3 rings (SSSR count). The number of hydrogen-bond acceptors (Lipinski definition) is 6. The van der Waals surface area contributed by atoms with Gasteiger partial charge in [-0.2, -0.15) is 0 Å². The van der Waals surface area contributed by atoms with Gasteiger partial charge in [0.2, 0.25) is 5.95 Å². The molecule has 122 valence electrons. The first-order chi connectivity index (χ1) is 11.5. The molecule has 2 aromatic heterocycles. The number of amides is 1. The van der Waals surface area contributed by atoms with Crippen LogP contribution in [-0.4, -0.2) is 21.0 Å². The van der Waals surface area contributed by atoms with Crippen LogP contribution in [0.4, 0.5) is 17.5 Å². The SMILES string of the molecule is Cc1cc(NC(=O)c2cnc(Nc3ccc(Br)cc3C)nc2)no1. The number of nitrogens with one attached hydrogen (secondary N) is 2. The van der Waals surface area contributed by atoms with Gasteiger partial charge in [-0.05, 0) is 37.6 Å². The van der Waals surface area contributed by atoms with Gasteiger partial charge in [0.1, 0.15) is 5.76 Å². The minimum atomic E-state index is -0.352. The Morgan fingerprint density at radius 2 is 1.92 bits per heavy atom. The smallest absolute Gasteiger partial charge is 0.260 e. The Morgan fingerprint density at radius 3 is 2.54 bits per heavy atom. The van der Waals surface area contributed by atoms with E-state index in [1.165, 1.54) is 12.4 Å². The summed E-state index contributed by atoms with van der Waals surface area (Å²) >= 11 is 3.42. The van der Waals surface area contributed by atoms with E-state index in [1.807, 2.05) is 25.1 Å². The summed E-state index contributed by atoms with van der Waals surface area (Å²) in [5.74, 6) is 1.03. The molecular weight excluding hydrogens is 374 g/mol. The first-order valence-corrected chi connectivity index (χ1v) is 7.90. The third-order valence-electron chi connectivity index (χ3n) is 3.22. The van der Waals surface area contributed by atoms with Crippen molar-refractivity contribution in [1.29, 1.82) is 0 Å². The summed E-state index contributed by atoms with van der Waals surface area (Å²) < 4.78 is 5.90. The third-order valence-corrected chi connectivity index (χ3v) is 3.71. The van der Waals surface area contributed by atoms with Gasteiger partial charge in [0.05, 0.1) is 5.56 Å². The lowest BCUT2D eigenvalue weighted by Crippen LogP contribution is -2.13. The molecule has 7 nitrogen and oxygen atoms in total. The molecule has 24 heavy (non-hydrogen) atoms. The molecule has 3 aromatic rings. The van der Waals surface area contributed by atoms with Crippen LogP contribution in [0.15, 0.2) is 45.7 Å². The maximum atomic E-state index is 12.1. The minimum absolute atomic E-state index is 0.328. The van der Waals surface area contributed by atoms with Crippen molar-refractivity contribution in [2.24, 2.45) is 0 Å². The molecule has 0 bridgehead atoms. The van der Waals surface area contributed by atoms with E-state index in [0.717, 1.165) is 15.7 Å². The molecule has 0 aliphatic carbocycles. The highest BCUT2D eigenvalue weighted by Crippen LogP contribution is 2.22. The lowest BCUT2D eigenvalue weighted by atomic mass is 10.2. The molecule has 2 heterocycles. The highest BCUT2D eigenvalue weighted by molar-refractivity contribution is 9.10. The lowest BCUT2D eigenvalue weighted by molar-refractivity contribution is 0.102. The van der Waals surface area contributed by atoms with Crippen LogP contribution < -0.4 is 10.6 Å².